The lowest BCUT2D eigenvalue weighted by Gasteiger charge is -2.16. The van der Waals surface area contributed by atoms with Gasteiger partial charge in [-0.2, -0.15) is 11.8 Å². The molecule has 2 saturated heterocycles. The minimum atomic E-state index is -0.532. The normalized spacial score (nSPS) is 23.5. The second kappa shape index (κ2) is 11.5. The topological polar surface area (TPSA) is 106 Å². The number of carbonyl (C=O) groups is 2. The second-order valence-electron chi connectivity index (χ2n) is 7.43. The van der Waals surface area contributed by atoms with Crippen LogP contribution >= 0.6 is 11.8 Å². The van der Waals surface area contributed by atoms with E-state index in [0.717, 1.165) is 36.1 Å². The Balaban J connectivity index is 1.31. The molecule has 1 aromatic carbocycles. The van der Waals surface area contributed by atoms with E-state index in [1.165, 1.54) is 0 Å². The standard InChI is InChI=1S/C21H30N2O6S/c1-27-20(28-11-10-24)15-8-6-14(7-9-15)12-29-18(25)5-3-2-4-17-19-16(13-30-17)22-21(26)23-19/h6-9,16-17,19-20,24H,2-5,10-13H2,1H3,(H2,22,23,26)/t16-,17-,19-,20?/m0/s1. The molecule has 1 aromatic rings. The van der Waals surface area contributed by atoms with E-state index in [1.807, 2.05) is 36.0 Å². The lowest BCUT2D eigenvalue weighted by atomic mass is 10.0. The Morgan fingerprint density at radius 1 is 1.27 bits per heavy atom. The zero-order valence-electron chi connectivity index (χ0n) is 17.2. The number of urea groups is 1. The first-order chi connectivity index (χ1) is 14.6. The van der Waals surface area contributed by atoms with Crippen LogP contribution in [0.5, 0.6) is 0 Å². The number of esters is 1. The van der Waals surface area contributed by atoms with E-state index >= 15 is 0 Å². The number of amides is 2. The number of hydrogen-bond acceptors (Lipinski definition) is 7. The van der Waals surface area contributed by atoms with Crippen LogP contribution in [0, 0.1) is 0 Å². The number of carbonyl (C=O) groups excluding carboxylic acids is 2. The average molecular weight is 439 g/mol. The van der Waals surface area contributed by atoms with Crippen LogP contribution < -0.4 is 10.6 Å². The Labute approximate surface area is 181 Å². The summed E-state index contributed by atoms with van der Waals surface area (Å²) in [5.41, 5.74) is 1.73. The molecule has 8 nitrogen and oxygen atoms in total. The van der Waals surface area contributed by atoms with Gasteiger partial charge in [0.05, 0.1) is 25.3 Å². The number of rotatable bonds is 12. The molecular weight excluding hydrogens is 408 g/mol. The van der Waals surface area contributed by atoms with Crippen LogP contribution in [0.2, 0.25) is 0 Å². The van der Waals surface area contributed by atoms with E-state index in [1.54, 1.807) is 7.11 Å². The zero-order valence-corrected chi connectivity index (χ0v) is 18.0. The summed E-state index contributed by atoms with van der Waals surface area (Å²) in [6, 6.07) is 7.84. The molecule has 3 N–H and O–H groups in total. The summed E-state index contributed by atoms with van der Waals surface area (Å²) in [5, 5.41) is 15.2. The maximum absolute atomic E-state index is 12.0. The van der Waals surface area contributed by atoms with Crippen molar-refractivity contribution in [2.75, 3.05) is 26.1 Å². The minimum absolute atomic E-state index is 0.0672. The molecule has 0 aliphatic carbocycles. The van der Waals surface area contributed by atoms with Crippen molar-refractivity contribution in [3.05, 3.63) is 35.4 Å². The lowest BCUT2D eigenvalue weighted by Crippen LogP contribution is -2.36. The molecule has 0 saturated carbocycles. The fraction of sp³-hybridized carbons (Fsp3) is 0.619. The molecule has 0 spiro atoms. The van der Waals surface area contributed by atoms with Crippen LogP contribution in [0.1, 0.15) is 43.1 Å². The van der Waals surface area contributed by atoms with E-state index in [4.69, 9.17) is 19.3 Å². The first-order valence-corrected chi connectivity index (χ1v) is 11.3. The van der Waals surface area contributed by atoms with E-state index in [2.05, 4.69) is 10.6 Å². The number of methoxy groups -OCH3 is 1. The van der Waals surface area contributed by atoms with E-state index in [-0.39, 0.29) is 43.9 Å². The Morgan fingerprint density at radius 2 is 2.07 bits per heavy atom. The van der Waals surface area contributed by atoms with E-state index in [0.29, 0.717) is 11.7 Å². The molecule has 1 unspecified atom stereocenters. The van der Waals surface area contributed by atoms with Crippen LogP contribution in [0.4, 0.5) is 4.79 Å². The fourth-order valence-electron chi connectivity index (χ4n) is 3.72. The van der Waals surface area contributed by atoms with Gasteiger partial charge in [0.25, 0.3) is 0 Å². The number of aliphatic hydroxyl groups excluding tert-OH is 1. The van der Waals surface area contributed by atoms with Gasteiger partial charge >= 0.3 is 12.0 Å². The molecule has 2 aliphatic rings. The number of aliphatic hydroxyl groups is 1. The van der Waals surface area contributed by atoms with Gasteiger partial charge in [-0.25, -0.2) is 4.79 Å². The monoisotopic (exact) mass is 438 g/mol. The third-order valence-electron chi connectivity index (χ3n) is 5.28. The molecule has 3 rings (SSSR count). The van der Waals surface area contributed by atoms with Crippen LogP contribution in [-0.4, -0.2) is 60.5 Å². The zero-order chi connectivity index (χ0) is 21.3. The van der Waals surface area contributed by atoms with E-state index in [9.17, 15) is 9.59 Å². The highest BCUT2D eigenvalue weighted by molar-refractivity contribution is 8.00. The maximum Gasteiger partial charge on any atom is 0.315 e. The summed E-state index contributed by atoms with van der Waals surface area (Å²) >= 11 is 1.89. The summed E-state index contributed by atoms with van der Waals surface area (Å²) in [6.45, 7) is 0.362. The Bertz CT molecular complexity index is 701. The predicted molar refractivity (Wildman–Crippen MR) is 113 cm³/mol. The summed E-state index contributed by atoms with van der Waals surface area (Å²) in [4.78, 5) is 23.4. The maximum atomic E-state index is 12.0. The summed E-state index contributed by atoms with van der Waals surface area (Å²) in [5.74, 6) is 0.751. The number of unbranched alkanes of at least 4 members (excludes halogenated alkanes) is 1. The van der Waals surface area contributed by atoms with E-state index < -0.39 is 6.29 Å². The molecule has 9 heteroatoms. The number of nitrogens with one attached hydrogen (secondary N) is 2. The fourth-order valence-corrected chi connectivity index (χ4v) is 5.27. The number of hydrogen-bond donors (Lipinski definition) is 3. The molecule has 0 bridgehead atoms. The van der Waals surface area contributed by atoms with Crippen molar-refractivity contribution in [3.63, 3.8) is 0 Å². The number of thioether (sulfide) groups is 1. The van der Waals surface area contributed by atoms with Crippen molar-refractivity contribution in [1.82, 2.24) is 10.6 Å². The quantitative estimate of drug-likeness (QED) is 0.199. The summed E-state index contributed by atoms with van der Waals surface area (Å²) < 4.78 is 16.0. The molecular formula is C21H30N2O6S. The third-order valence-corrected chi connectivity index (χ3v) is 6.79. The number of fused-ring (bicyclic) bond motifs is 1. The highest BCUT2D eigenvalue weighted by Crippen LogP contribution is 2.33. The van der Waals surface area contributed by atoms with Crippen molar-refractivity contribution < 1.29 is 28.9 Å². The average Bonchev–Trinajstić information content (AvgIpc) is 3.30. The van der Waals surface area contributed by atoms with Crippen LogP contribution in [-0.2, 0) is 25.6 Å². The van der Waals surface area contributed by atoms with Crippen molar-refractivity contribution in [2.45, 2.75) is 55.9 Å². The highest BCUT2D eigenvalue weighted by atomic mass is 32.2. The highest BCUT2D eigenvalue weighted by Gasteiger charge is 2.42. The lowest BCUT2D eigenvalue weighted by molar-refractivity contribution is -0.145. The molecule has 2 heterocycles. The molecule has 2 aliphatic heterocycles. The van der Waals surface area contributed by atoms with Gasteiger partial charge < -0.3 is 30.0 Å². The first kappa shape index (κ1) is 22.9. The van der Waals surface area contributed by atoms with Crippen LogP contribution in [0.25, 0.3) is 0 Å². The number of ether oxygens (including phenoxy) is 3. The van der Waals surface area contributed by atoms with Crippen molar-refractivity contribution in [3.8, 4) is 0 Å². The van der Waals surface area contributed by atoms with Gasteiger partial charge in [-0.3, -0.25) is 4.79 Å². The molecule has 4 atom stereocenters. The summed E-state index contributed by atoms with van der Waals surface area (Å²) in [7, 11) is 1.54. The van der Waals surface area contributed by atoms with Crippen molar-refractivity contribution in [2.24, 2.45) is 0 Å². The minimum Gasteiger partial charge on any atom is -0.461 e. The molecule has 2 fully saturated rings. The van der Waals surface area contributed by atoms with Gasteiger partial charge in [-0.1, -0.05) is 30.7 Å². The SMILES string of the molecule is COC(OCCO)c1ccc(COC(=O)CCCC[C@@H]2SC[C@@H]3NC(=O)N[C@@H]32)cc1. The Kier molecular flexibility index (Phi) is 8.80. The van der Waals surface area contributed by atoms with Gasteiger partial charge in [-0.05, 0) is 18.4 Å². The molecule has 0 radical (unpaired) electrons. The summed E-state index contributed by atoms with van der Waals surface area (Å²) in [6.07, 6.45) is 2.57. The molecule has 30 heavy (non-hydrogen) atoms. The molecule has 0 aromatic heterocycles. The Morgan fingerprint density at radius 3 is 2.80 bits per heavy atom. The van der Waals surface area contributed by atoms with Gasteiger partial charge in [-0.15, -0.1) is 0 Å². The van der Waals surface area contributed by atoms with Gasteiger partial charge in [0.1, 0.15) is 6.61 Å². The van der Waals surface area contributed by atoms with Crippen LogP contribution in [0.3, 0.4) is 0 Å². The first-order valence-electron chi connectivity index (χ1n) is 10.3. The predicted octanol–water partition coefficient (Wildman–Crippen LogP) is 2.11. The third kappa shape index (κ3) is 6.34. The number of benzene rings is 1. The van der Waals surface area contributed by atoms with Gasteiger partial charge in [0.15, 0.2) is 6.29 Å². The van der Waals surface area contributed by atoms with Crippen molar-refractivity contribution >= 4 is 23.8 Å². The van der Waals surface area contributed by atoms with Gasteiger partial charge in [0.2, 0.25) is 0 Å². The Hall–Kier alpha value is -1.81. The van der Waals surface area contributed by atoms with Crippen LogP contribution in [0.15, 0.2) is 24.3 Å². The van der Waals surface area contributed by atoms with Crippen molar-refractivity contribution in [1.29, 1.82) is 0 Å². The largest absolute Gasteiger partial charge is 0.461 e. The molecule has 166 valence electrons. The second-order valence-corrected chi connectivity index (χ2v) is 8.70. The molecule has 2 amide bonds. The smallest absolute Gasteiger partial charge is 0.315 e. The van der Waals surface area contributed by atoms with Gasteiger partial charge in [0, 0.05) is 30.1 Å².